The first-order valence-corrected chi connectivity index (χ1v) is 5.05. The van der Waals surface area contributed by atoms with Gasteiger partial charge in [0.25, 0.3) is 0 Å². The molecule has 0 bridgehead atoms. The molecule has 0 aromatic carbocycles. The van der Waals surface area contributed by atoms with Gasteiger partial charge in [0.2, 0.25) is 0 Å². The molecule has 2 aliphatic rings. The van der Waals surface area contributed by atoms with Gasteiger partial charge in [-0.3, -0.25) is 4.79 Å². The van der Waals surface area contributed by atoms with Crippen LogP contribution in [-0.4, -0.2) is 17.2 Å². The van der Waals surface area contributed by atoms with Crippen LogP contribution in [0.4, 0.5) is 0 Å². The first kappa shape index (κ1) is 7.35. The maximum Gasteiger partial charge on any atom is 0.189 e. The minimum absolute atomic E-state index is 0.280. The molecule has 1 saturated carbocycles. The molecule has 0 radical (unpaired) electrons. The van der Waals surface area contributed by atoms with Gasteiger partial charge in [-0.2, -0.15) is 0 Å². The van der Waals surface area contributed by atoms with E-state index in [0.717, 1.165) is 5.71 Å². The van der Waals surface area contributed by atoms with Crippen LogP contribution < -0.4 is 0 Å². The maximum atomic E-state index is 11.2. The number of ketones is 1. The molecule has 3 heteroatoms. The van der Waals surface area contributed by atoms with E-state index in [-0.39, 0.29) is 5.78 Å². The molecule has 0 aromatic rings. The summed E-state index contributed by atoms with van der Waals surface area (Å²) < 4.78 is 4.18. The van der Waals surface area contributed by atoms with Crippen LogP contribution in [0, 0.1) is 5.92 Å². The summed E-state index contributed by atoms with van der Waals surface area (Å²) in [5.41, 5.74) is 0.882. The number of hydrogen-bond acceptors (Lipinski definition) is 3. The number of carbonyl (C=O) groups excluding carboxylic acids is 1. The van der Waals surface area contributed by atoms with Crippen molar-refractivity contribution in [2.45, 2.75) is 25.7 Å². The molecule has 0 aromatic heterocycles. The van der Waals surface area contributed by atoms with Gasteiger partial charge in [0.05, 0.1) is 11.5 Å². The molecule has 2 rings (SSSR count). The largest absolute Gasteiger partial charge is 0.292 e. The molecule has 11 heavy (non-hydrogen) atoms. The van der Waals surface area contributed by atoms with E-state index in [1.165, 1.54) is 37.6 Å². The summed E-state index contributed by atoms with van der Waals surface area (Å²) >= 11 is 1.42. The van der Waals surface area contributed by atoms with Gasteiger partial charge in [0.1, 0.15) is 0 Å². The second-order valence-corrected chi connectivity index (χ2v) is 3.88. The number of rotatable bonds is 1. The van der Waals surface area contributed by atoms with Crippen LogP contribution in [0.3, 0.4) is 0 Å². The Morgan fingerprint density at radius 3 is 2.64 bits per heavy atom. The zero-order valence-corrected chi connectivity index (χ0v) is 7.19. The lowest BCUT2D eigenvalue weighted by atomic mass is 9.99. The molecular formula is C8H11NOS. The van der Waals surface area contributed by atoms with Gasteiger partial charge in [-0.05, 0) is 24.8 Å². The molecule has 0 unspecified atom stereocenters. The molecule has 0 amide bonds. The fourth-order valence-electron chi connectivity index (χ4n) is 1.79. The summed E-state index contributed by atoms with van der Waals surface area (Å²) in [4.78, 5) is 11.2. The number of Topliss-reactive ketones (excluding diaryl/α,β-unsaturated/α-hetero) is 1. The zero-order valence-electron chi connectivity index (χ0n) is 6.38. The van der Waals surface area contributed by atoms with Crippen LogP contribution in [-0.2, 0) is 4.79 Å². The average molecular weight is 169 g/mol. The molecule has 0 atom stereocenters. The van der Waals surface area contributed by atoms with Crippen LogP contribution >= 0.6 is 11.9 Å². The van der Waals surface area contributed by atoms with E-state index in [2.05, 4.69) is 4.40 Å². The molecule has 2 nitrogen and oxygen atoms in total. The van der Waals surface area contributed by atoms with Gasteiger partial charge in [-0.15, -0.1) is 0 Å². The van der Waals surface area contributed by atoms with Crippen molar-refractivity contribution in [2.24, 2.45) is 10.3 Å². The lowest BCUT2D eigenvalue weighted by Crippen LogP contribution is -2.19. The maximum absolute atomic E-state index is 11.2. The Balaban J connectivity index is 2.08. The first-order chi connectivity index (χ1) is 5.38. The molecule has 0 saturated heterocycles. The van der Waals surface area contributed by atoms with E-state index in [1.54, 1.807) is 0 Å². The molecule has 1 fully saturated rings. The number of hydrogen-bond donors (Lipinski definition) is 0. The third-order valence-corrected chi connectivity index (χ3v) is 3.10. The summed E-state index contributed by atoms with van der Waals surface area (Å²) in [6.07, 6.45) is 4.93. The average Bonchev–Trinajstić information content (AvgIpc) is 2.55. The highest BCUT2D eigenvalue weighted by atomic mass is 32.2. The van der Waals surface area contributed by atoms with Crippen LogP contribution in [0.25, 0.3) is 0 Å². The van der Waals surface area contributed by atoms with Gasteiger partial charge >= 0.3 is 0 Å². The standard InChI is InChI=1S/C8H11NOS/c10-7-5-11-9-8(7)6-3-1-2-4-6/h6H,1-5H2. The van der Waals surface area contributed by atoms with Gasteiger partial charge in [-0.1, -0.05) is 12.8 Å². The van der Waals surface area contributed by atoms with Crippen molar-refractivity contribution >= 4 is 23.4 Å². The van der Waals surface area contributed by atoms with E-state index >= 15 is 0 Å². The Hall–Kier alpha value is -0.310. The summed E-state index contributed by atoms with van der Waals surface area (Å²) in [5.74, 6) is 1.38. The van der Waals surface area contributed by atoms with Gasteiger partial charge in [-0.25, -0.2) is 4.40 Å². The van der Waals surface area contributed by atoms with Gasteiger partial charge < -0.3 is 0 Å². The van der Waals surface area contributed by atoms with Crippen LogP contribution in [0.5, 0.6) is 0 Å². The predicted molar refractivity (Wildman–Crippen MR) is 46.9 cm³/mol. The van der Waals surface area contributed by atoms with E-state index in [4.69, 9.17) is 0 Å². The third-order valence-electron chi connectivity index (χ3n) is 2.39. The highest BCUT2D eigenvalue weighted by Crippen LogP contribution is 2.30. The van der Waals surface area contributed by atoms with Gasteiger partial charge in [0.15, 0.2) is 5.78 Å². The minimum atomic E-state index is 0.280. The topological polar surface area (TPSA) is 29.4 Å². The molecule has 0 spiro atoms. The van der Waals surface area contributed by atoms with Crippen LogP contribution in [0.15, 0.2) is 4.40 Å². The van der Waals surface area contributed by atoms with Crippen molar-refractivity contribution in [3.8, 4) is 0 Å². The Morgan fingerprint density at radius 2 is 2.09 bits per heavy atom. The van der Waals surface area contributed by atoms with Crippen LogP contribution in [0.1, 0.15) is 25.7 Å². The minimum Gasteiger partial charge on any atom is -0.292 e. The lowest BCUT2D eigenvalue weighted by molar-refractivity contribution is -0.110. The van der Waals surface area contributed by atoms with Crippen molar-refractivity contribution in [1.82, 2.24) is 0 Å². The number of nitrogens with zero attached hydrogens (tertiary/aromatic N) is 1. The van der Waals surface area contributed by atoms with E-state index in [1.807, 2.05) is 0 Å². The quantitative estimate of drug-likeness (QED) is 0.561. The Morgan fingerprint density at radius 1 is 1.36 bits per heavy atom. The Kier molecular flexibility index (Phi) is 1.98. The zero-order chi connectivity index (χ0) is 7.68. The second kappa shape index (κ2) is 2.97. The molecule has 0 N–H and O–H groups in total. The second-order valence-electron chi connectivity index (χ2n) is 3.15. The Bertz CT molecular complexity index is 206. The van der Waals surface area contributed by atoms with Crippen molar-refractivity contribution < 1.29 is 4.79 Å². The molecule has 1 aliphatic carbocycles. The third kappa shape index (κ3) is 1.34. The molecule has 1 heterocycles. The van der Waals surface area contributed by atoms with Crippen molar-refractivity contribution in [3.63, 3.8) is 0 Å². The van der Waals surface area contributed by atoms with Crippen molar-refractivity contribution in [1.29, 1.82) is 0 Å². The van der Waals surface area contributed by atoms with E-state index in [9.17, 15) is 4.79 Å². The lowest BCUT2D eigenvalue weighted by Gasteiger charge is -2.04. The summed E-state index contributed by atoms with van der Waals surface area (Å²) in [6.45, 7) is 0. The fourth-order valence-corrected chi connectivity index (χ4v) is 2.51. The van der Waals surface area contributed by atoms with Crippen molar-refractivity contribution in [2.75, 3.05) is 5.75 Å². The number of carbonyl (C=O) groups is 1. The highest BCUT2D eigenvalue weighted by molar-refractivity contribution is 7.99. The SMILES string of the molecule is O=C1CSN=C1C1CCCC1. The molecule has 60 valence electrons. The van der Waals surface area contributed by atoms with Crippen LogP contribution in [0.2, 0.25) is 0 Å². The van der Waals surface area contributed by atoms with Crippen molar-refractivity contribution in [3.05, 3.63) is 0 Å². The normalized spacial score (nSPS) is 26.2. The van der Waals surface area contributed by atoms with Gasteiger partial charge in [0, 0.05) is 5.92 Å². The Labute approximate surface area is 70.6 Å². The molecular weight excluding hydrogens is 158 g/mol. The monoisotopic (exact) mass is 169 g/mol. The van der Waals surface area contributed by atoms with E-state index in [0.29, 0.717) is 11.7 Å². The molecule has 1 aliphatic heterocycles. The first-order valence-electron chi connectivity index (χ1n) is 4.11. The summed E-state index contributed by atoms with van der Waals surface area (Å²) in [5, 5.41) is 0. The fraction of sp³-hybridized carbons (Fsp3) is 0.750. The van der Waals surface area contributed by atoms with E-state index < -0.39 is 0 Å². The highest BCUT2D eigenvalue weighted by Gasteiger charge is 2.28. The summed E-state index contributed by atoms with van der Waals surface area (Å²) in [7, 11) is 0. The smallest absolute Gasteiger partial charge is 0.189 e. The predicted octanol–water partition coefficient (Wildman–Crippen LogP) is 1.85. The summed E-state index contributed by atoms with van der Waals surface area (Å²) in [6, 6.07) is 0.